The van der Waals surface area contributed by atoms with Crippen LogP contribution in [0.4, 0.5) is 5.69 Å². The van der Waals surface area contributed by atoms with E-state index in [2.05, 4.69) is 4.90 Å². The molecule has 1 amide bonds. The zero-order valence-electron chi connectivity index (χ0n) is 19.1. The van der Waals surface area contributed by atoms with Gasteiger partial charge in [-0.25, -0.2) is 8.42 Å². The summed E-state index contributed by atoms with van der Waals surface area (Å²) in [6.07, 6.45) is 1.12. The maximum Gasteiger partial charge on any atom is 0.246 e. The van der Waals surface area contributed by atoms with Crippen molar-refractivity contribution < 1.29 is 27.4 Å². The molecule has 2 aliphatic heterocycles. The third kappa shape index (κ3) is 5.17. The third-order valence-corrected chi connectivity index (χ3v) is 7.16. The predicted molar refractivity (Wildman–Crippen MR) is 124 cm³/mol. The molecule has 2 aromatic rings. The van der Waals surface area contributed by atoms with Crippen molar-refractivity contribution in [3.05, 3.63) is 48.0 Å². The summed E-state index contributed by atoms with van der Waals surface area (Å²) in [5.74, 6) is 1.92. The van der Waals surface area contributed by atoms with Gasteiger partial charge in [-0.15, -0.1) is 0 Å². The van der Waals surface area contributed by atoms with E-state index in [9.17, 15) is 13.2 Å². The third-order valence-electron chi connectivity index (χ3n) is 5.92. The molecule has 0 aromatic heterocycles. The van der Waals surface area contributed by atoms with Crippen molar-refractivity contribution in [3.8, 4) is 17.2 Å². The molecule has 1 saturated heterocycles. The van der Waals surface area contributed by atoms with Crippen molar-refractivity contribution in [1.29, 1.82) is 0 Å². The number of carbonyl (C=O) groups excluding carboxylic acids is 1. The van der Waals surface area contributed by atoms with Gasteiger partial charge in [0.15, 0.2) is 11.5 Å². The lowest BCUT2D eigenvalue weighted by atomic mass is 10.1. The van der Waals surface area contributed by atoms with E-state index in [1.807, 2.05) is 18.2 Å². The molecule has 0 N–H and O–H groups in total. The van der Waals surface area contributed by atoms with Gasteiger partial charge in [-0.1, -0.05) is 6.07 Å². The van der Waals surface area contributed by atoms with Crippen LogP contribution in [0.2, 0.25) is 0 Å². The van der Waals surface area contributed by atoms with Crippen LogP contribution in [0.3, 0.4) is 0 Å². The summed E-state index contributed by atoms with van der Waals surface area (Å²) in [6.45, 7) is 5.10. The predicted octanol–water partition coefficient (Wildman–Crippen LogP) is 1.92. The van der Waals surface area contributed by atoms with Crippen LogP contribution in [0.5, 0.6) is 17.2 Å². The Morgan fingerprint density at radius 1 is 1.06 bits per heavy atom. The van der Waals surface area contributed by atoms with Crippen LogP contribution in [0, 0.1) is 0 Å². The van der Waals surface area contributed by atoms with E-state index < -0.39 is 16.1 Å². The van der Waals surface area contributed by atoms with E-state index in [4.69, 9.17) is 14.2 Å². The van der Waals surface area contributed by atoms with Crippen molar-refractivity contribution in [2.24, 2.45) is 0 Å². The maximum atomic E-state index is 13.2. The van der Waals surface area contributed by atoms with Crippen molar-refractivity contribution in [2.45, 2.75) is 19.5 Å². The number of hydrogen-bond acceptors (Lipinski definition) is 7. The Kier molecular flexibility index (Phi) is 6.66. The smallest absolute Gasteiger partial charge is 0.246 e. The molecule has 0 bridgehead atoms. The summed E-state index contributed by atoms with van der Waals surface area (Å²) < 4.78 is 42.2. The molecule has 1 fully saturated rings. The first-order chi connectivity index (χ1) is 15.8. The number of piperazine rings is 1. The summed E-state index contributed by atoms with van der Waals surface area (Å²) >= 11 is 0. The van der Waals surface area contributed by atoms with Gasteiger partial charge < -0.3 is 19.1 Å². The number of fused-ring (bicyclic) bond motifs is 1. The number of methoxy groups -OCH3 is 1. The fourth-order valence-corrected chi connectivity index (χ4v) is 5.39. The second-order valence-corrected chi connectivity index (χ2v) is 10.1. The van der Waals surface area contributed by atoms with Crippen molar-refractivity contribution >= 4 is 21.6 Å². The summed E-state index contributed by atoms with van der Waals surface area (Å²) in [5.41, 5.74) is 1.55. The minimum atomic E-state index is -3.66. The average Bonchev–Trinajstić information content (AvgIpc) is 3.27. The van der Waals surface area contributed by atoms with Gasteiger partial charge in [0.25, 0.3) is 0 Å². The highest BCUT2D eigenvalue weighted by Gasteiger charge is 2.33. The molecule has 4 rings (SSSR count). The van der Waals surface area contributed by atoms with Crippen LogP contribution >= 0.6 is 0 Å². The second-order valence-electron chi connectivity index (χ2n) is 8.22. The van der Waals surface area contributed by atoms with Gasteiger partial charge in [-0.2, -0.15) is 0 Å². The standard InChI is InChI=1S/C23H29N3O6S/c1-17(26(33(3,28)29)19-5-7-20(30-2)8-6-19)23(27)25-12-10-24(11-13-25)15-18-4-9-21-22(14-18)32-16-31-21/h4-9,14,17H,10-13,15-16H2,1-3H3/t17-/m1/s1. The fourth-order valence-electron chi connectivity index (χ4n) is 4.22. The van der Waals surface area contributed by atoms with Crippen LogP contribution in [-0.4, -0.2) is 76.5 Å². The lowest BCUT2D eigenvalue weighted by Crippen LogP contribution is -2.55. The Hall–Kier alpha value is -2.98. The van der Waals surface area contributed by atoms with Crippen LogP contribution in [0.25, 0.3) is 0 Å². The highest BCUT2D eigenvalue weighted by Crippen LogP contribution is 2.33. The Labute approximate surface area is 194 Å². The van der Waals surface area contributed by atoms with Gasteiger partial charge in [-0.3, -0.25) is 14.0 Å². The van der Waals surface area contributed by atoms with Gasteiger partial charge >= 0.3 is 0 Å². The SMILES string of the molecule is COc1ccc(N([C@H](C)C(=O)N2CCN(Cc3ccc4c(c3)OCO4)CC2)S(C)(=O)=O)cc1. The van der Waals surface area contributed by atoms with E-state index in [0.29, 0.717) is 37.6 Å². The molecule has 33 heavy (non-hydrogen) atoms. The molecule has 0 unspecified atom stereocenters. The first kappa shape index (κ1) is 23.2. The minimum absolute atomic E-state index is 0.209. The molecule has 9 nitrogen and oxygen atoms in total. The number of anilines is 1. The number of sulfonamides is 1. The fraction of sp³-hybridized carbons (Fsp3) is 0.435. The zero-order chi connectivity index (χ0) is 23.6. The Morgan fingerprint density at radius 3 is 2.36 bits per heavy atom. The topological polar surface area (TPSA) is 88.6 Å². The van der Waals surface area contributed by atoms with Gasteiger partial charge in [0.1, 0.15) is 11.8 Å². The monoisotopic (exact) mass is 475 g/mol. The molecule has 0 saturated carbocycles. The highest BCUT2D eigenvalue weighted by molar-refractivity contribution is 7.92. The molecule has 0 spiro atoms. The Morgan fingerprint density at radius 2 is 1.73 bits per heavy atom. The summed E-state index contributed by atoms with van der Waals surface area (Å²) in [5, 5.41) is 0. The van der Waals surface area contributed by atoms with E-state index in [1.165, 1.54) is 4.31 Å². The molecule has 0 aliphatic carbocycles. The normalized spacial score (nSPS) is 17.0. The molecule has 1 atom stereocenters. The van der Waals surface area contributed by atoms with Gasteiger partial charge in [0, 0.05) is 32.7 Å². The van der Waals surface area contributed by atoms with Crippen LogP contribution < -0.4 is 18.5 Å². The number of nitrogens with zero attached hydrogens (tertiary/aromatic N) is 3. The number of carbonyl (C=O) groups is 1. The Balaban J connectivity index is 1.39. The van der Waals surface area contributed by atoms with Gasteiger partial charge in [-0.05, 0) is 48.9 Å². The second kappa shape index (κ2) is 9.48. The molecular weight excluding hydrogens is 446 g/mol. The summed E-state index contributed by atoms with van der Waals surface area (Å²) in [6, 6.07) is 11.7. The summed E-state index contributed by atoms with van der Waals surface area (Å²) in [4.78, 5) is 17.2. The largest absolute Gasteiger partial charge is 0.497 e. The first-order valence-corrected chi connectivity index (χ1v) is 12.6. The van der Waals surface area contributed by atoms with Crippen molar-refractivity contribution in [3.63, 3.8) is 0 Å². The van der Waals surface area contributed by atoms with Crippen molar-refractivity contribution in [1.82, 2.24) is 9.80 Å². The average molecular weight is 476 g/mol. The van der Waals surface area contributed by atoms with E-state index in [0.717, 1.165) is 29.9 Å². The zero-order valence-corrected chi connectivity index (χ0v) is 19.9. The molecule has 0 radical (unpaired) electrons. The van der Waals surface area contributed by atoms with E-state index >= 15 is 0 Å². The molecule has 2 heterocycles. The minimum Gasteiger partial charge on any atom is -0.497 e. The first-order valence-electron chi connectivity index (χ1n) is 10.8. The highest BCUT2D eigenvalue weighted by atomic mass is 32.2. The molecule has 2 aliphatic rings. The van der Waals surface area contributed by atoms with Crippen LogP contribution in [0.1, 0.15) is 12.5 Å². The quantitative estimate of drug-likeness (QED) is 0.605. The lowest BCUT2D eigenvalue weighted by molar-refractivity contribution is -0.133. The van der Waals surface area contributed by atoms with Crippen LogP contribution in [-0.2, 0) is 21.4 Å². The molecule has 178 valence electrons. The number of ether oxygens (including phenoxy) is 3. The lowest BCUT2D eigenvalue weighted by Gasteiger charge is -2.38. The van der Waals surface area contributed by atoms with E-state index in [-0.39, 0.29) is 12.7 Å². The van der Waals surface area contributed by atoms with Crippen LogP contribution in [0.15, 0.2) is 42.5 Å². The molecule has 2 aromatic carbocycles. The van der Waals surface area contributed by atoms with Gasteiger partial charge in [0.05, 0.1) is 19.1 Å². The number of rotatable bonds is 7. The van der Waals surface area contributed by atoms with E-state index in [1.54, 1.807) is 43.2 Å². The summed E-state index contributed by atoms with van der Waals surface area (Å²) in [7, 11) is -2.12. The molecule has 10 heteroatoms. The van der Waals surface area contributed by atoms with Crippen molar-refractivity contribution in [2.75, 3.05) is 50.6 Å². The number of amides is 1. The number of hydrogen-bond donors (Lipinski definition) is 0. The molecular formula is C23H29N3O6S. The maximum absolute atomic E-state index is 13.2. The number of benzene rings is 2. The Bertz CT molecular complexity index is 1100. The van der Waals surface area contributed by atoms with Gasteiger partial charge in [0.2, 0.25) is 22.7 Å².